The van der Waals surface area contributed by atoms with Crippen LogP contribution in [0.15, 0.2) is 47.5 Å². The number of aryl methyl sites for hydroxylation is 1. The van der Waals surface area contributed by atoms with E-state index >= 15 is 0 Å². The minimum Gasteiger partial charge on any atom is -0.497 e. The third kappa shape index (κ3) is 2.96. The Balaban J connectivity index is 1.99. The molecule has 0 N–H and O–H groups in total. The Bertz CT molecular complexity index is 791. The van der Waals surface area contributed by atoms with E-state index in [9.17, 15) is 8.42 Å². The van der Waals surface area contributed by atoms with Crippen LogP contribution in [0.2, 0.25) is 0 Å². The van der Waals surface area contributed by atoms with E-state index in [-0.39, 0.29) is 6.04 Å². The standard InChI is InChI=1S/C17H20N2O3S/c1-13-12-14(22-2)8-9-17(13)23(20,21)19-11-5-7-16(19)15-6-3-4-10-18-15/h3-4,6,8-10,12,16H,5,7,11H2,1-2H3. The first-order chi connectivity index (χ1) is 11.0. The Morgan fingerprint density at radius 2 is 2.09 bits per heavy atom. The van der Waals surface area contributed by atoms with Gasteiger partial charge in [-0.25, -0.2) is 8.42 Å². The van der Waals surface area contributed by atoms with Crippen molar-refractivity contribution in [3.63, 3.8) is 0 Å². The van der Waals surface area contributed by atoms with Gasteiger partial charge in [0.25, 0.3) is 0 Å². The van der Waals surface area contributed by atoms with Crippen molar-refractivity contribution in [3.05, 3.63) is 53.9 Å². The molecule has 122 valence electrons. The highest BCUT2D eigenvalue weighted by Gasteiger charge is 2.37. The molecule has 6 heteroatoms. The van der Waals surface area contributed by atoms with Crippen LogP contribution in [0.4, 0.5) is 0 Å². The molecule has 2 heterocycles. The van der Waals surface area contributed by atoms with Gasteiger partial charge in [-0.2, -0.15) is 4.31 Å². The third-order valence-electron chi connectivity index (χ3n) is 4.20. The number of aromatic nitrogens is 1. The molecule has 1 unspecified atom stereocenters. The molecule has 1 aromatic heterocycles. The lowest BCUT2D eigenvalue weighted by Crippen LogP contribution is -2.31. The number of methoxy groups -OCH3 is 1. The van der Waals surface area contributed by atoms with Crippen molar-refractivity contribution in [2.75, 3.05) is 13.7 Å². The highest BCUT2D eigenvalue weighted by molar-refractivity contribution is 7.89. The smallest absolute Gasteiger partial charge is 0.243 e. The van der Waals surface area contributed by atoms with Crippen molar-refractivity contribution in [1.82, 2.24) is 9.29 Å². The summed E-state index contributed by atoms with van der Waals surface area (Å²) in [7, 11) is -1.98. The number of rotatable bonds is 4. The molecular weight excluding hydrogens is 312 g/mol. The fraction of sp³-hybridized carbons (Fsp3) is 0.353. The molecule has 1 fully saturated rings. The van der Waals surface area contributed by atoms with Gasteiger partial charge in [0.1, 0.15) is 5.75 Å². The Labute approximate surface area is 137 Å². The van der Waals surface area contributed by atoms with Crippen molar-refractivity contribution in [2.24, 2.45) is 0 Å². The van der Waals surface area contributed by atoms with Crippen LogP contribution in [0.3, 0.4) is 0 Å². The van der Waals surface area contributed by atoms with Crippen LogP contribution in [-0.2, 0) is 10.0 Å². The Kier molecular flexibility index (Phi) is 4.37. The third-order valence-corrected chi connectivity index (χ3v) is 6.27. The molecule has 1 aliphatic rings. The van der Waals surface area contributed by atoms with Gasteiger partial charge >= 0.3 is 0 Å². The molecule has 1 saturated heterocycles. The normalized spacial score (nSPS) is 19.0. The molecule has 1 aromatic carbocycles. The van der Waals surface area contributed by atoms with E-state index in [1.807, 2.05) is 18.2 Å². The number of pyridine rings is 1. The lowest BCUT2D eigenvalue weighted by Gasteiger charge is -2.24. The van der Waals surface area contributed by atoms with Gasteiger partial charge in [-0.1, -0.05) is 6.07 Å². The summed E-state index contributed by atoms with van der Waals surface area (Å²) in [5.74, 6) is 0.657. The van der Waals surface area contributed by atoms with E-state index < -0.39 is 10.0 Å². The Hall–Kier alpha value is -1.92. The van der Waals surface area contributed by atoms with Crippen LogP contribution in [0.25, 0.3) is 0 Å². The second kappa shape index (κ2) is 6.29. The summed E-state index contributed by atoms with van der Waals surface area (Å²) in [6, 6.07) is 10.5. The molecule has 23 heavy (non-hydrogen) atoms. The zero-order valence-corrected chi connectivity index (χ0v) is 14.1. The van der Waals surface area contributed by atoms with Gasteiger partial charge in [0, 0.05) is 12.7 Å². The molecule has 0 spiro atoms. The van der Waals surface area contributed by atoms with E-state index in [1.165, 1.54) is 0 Å². The molecule has 0 aliphatic carbocycles. The van der Waals surface area contributed by atoms with Crippen molar-refractivity contribution < 1.29 is 13.2 Å². The molecule has 0 saturated carbocycles. The SMILES string of the molecule is COc1ccc(S(=O)(=O)N2CCCC2c2ccccn2)c(C)c1. The summed E-state index contributed by atoms with van der Waals surface area (Å²) < 4.78 is 32.9. The highest BCUT2D eigenvalue weighted by atomic mass is 32.2. The maximum absolute atomic E-state index is 13.1. The summed E-state index contributed by atoms with van der Waals surface area (Å²) >= 11 is 0. The van der Waals surface area contributed by atoms with E-state index in [2.05, 4.69) is 4.98 Å². The molecule has 1 aliphatic heterocycles. The van der Waals surface area contributed by atoms with Crippen LogP contribution in [0, 0.1) is 6.92 Å². The Morgan fingerprint density at radius 3 is 2.74 bits per heavy atom. The summed E-state index contributed by atoms with van der Waals surface area (Å²) in [5, 5.41) is 0. The topological polar surface area (TPSA) is 59.5 Å². The minimum atomic E-state index is -3.55. The average molecular weight is 332 g/mol. The second-order valence-electron chi connectivity index (χ2n) is 5.66. The summed E-state index contributed by atoms with van der Waals surface area (Å²) in [6.45, 7) is 2.32. The maximum atomic E-state index is 13.1. The van der Waals surface area contributed by atoms with Crippen LogP contribution in [0.1, 0.15) is 30.1 Å². The van der Waals surface area contributed by atoms with Gasteiger partial charge in [-0.3, -0.25) is 4.98 Å². The predicted octanol–water partition coefficient (Wildman–Crippen LogP) is 2.92. The molecule has 0 radical (unpaired) electrons. The molecule has 3 rings (SSSR count). The van der Waals surface area contributed by atoms with Crippen LogP contribution in [-0.4, -0.2) is 31.4 Å². The molecule has 0 amide bonds. The van der Waals surface area contributed by atoms with Crippen molar-refractivity contribution in [3.8, 4) is 5.75 Å². The first kappa shape index (κ1) is 16.0. The number of nitrogens with zero attached hydrogens (tertiary/aromatic N) is 2. The predicted molar refractivity (Wildman–Crippen MR) is 87.8 cm³/mol. The van der Waals surface area contributed by atoms with E-state index in [0.29, 0.717) is 22.8 Å². The molecule has 0 bridgehead atoms. The average Bonchev–Trinajstić information content (AvgIpc) is 3.05. The summed E-state index contributed by atoms with van der Waals surface area (Å²) in [6.07, 6.45) is 3.35. The lowest BCUT2D eigenvalue weighted by atomic mass is 10.1. The zero-order valence-electron chi connectivity index (χ0n) is 13.3. The molecule has 5 nitrogen and oxygen atoms in total. The largest absolute Gasteiger partial charge is 0.497 e. The van der Waals surface area contributed by atoms with E-state index in [0.717, 1.165) is 18.5 Å². The number of hydrogen-bond acceptors (Lipinski definition) is 4. The van der Waals surface area contributed by atoms with Crippen molar-refractivity contribution in [2.45, 2.75) is 30.7 Å². The van der Waals surface area contributed by atoms with E-state index in [1.54, 1.807) is 42.7 Å². The van der Waals surface area contributed by atoms with Crippen LogP contribution < -0.4 is 4.74 Å². The fourth-order valence-corrected chi connectivity index (χ4v) is 4.94. The van der Waals surface area contributed by atoms with Crippen molar-refractivity contribution >= 4 is 10.0 Å². The molecule has 2 aromatic rings. The summed E-state index contributed by atoms with van der Waals surface area (Å²) in [5.41, 5.74) is 1.50. The first-order valence-electron chi connectivity index (χ1n) is 7.61. The zero-order chi connectivity index (χ0) is 16.4. The van der Waals surface area contributed by atoms with Crippen LogP contribution >= 0.6 is 0 Å². The number of ether oxygens (including phenoxy) is 1. The second-order valence-corrected chi connectivity index (χ2v) is 7.52. The molecular formula is C17H20N2O3S. The fourth-order valence-electron chi connectivity index (χ4n) is 3.06. The van der Waals surface area contributed by atoms with Gasteiger partial charge in [0.15, 0.2) is 0 Å². The highest BCUT2D eigenvalue weighted by Crippen LogP contribution is 2.36. The van der Waals surface area contributed by atoms with Crippen molar-refractivity contribution in [1.29, 1.82) is 0 Å². The summed E-state index contributed by atoms with van der Waals surface area (Å²) in [4.78, 5) is 4.68. The van der Waals surface area contributed by atoms with Gasteiger partial charge in [-0.15, -0.1) is 0 Å². The van der Waals surface area contributed by atoms with E-state index in [4.69, 9.17) is 4.74 Å². The van der Waals surface area contributed by atoms with Gasteiger partial charge in [0.2, 0.25) is 10.0 Å². The first-order valence-corrected chi connectivity index (χ1v) is 9.05. The lowest BCUT2D eigenvalue weighted by molar-refractivity contribution is 0.389. The number of hydrogen-bond donors (Lipinski definition) is 0. The monoisotopic (exact) mass is 332 g/mol. The quantitative estimate of drug-likeness (QED) is 0.864. The van der Waals surface area contributed by atoms with Crippen LogP contribution in [0.5, 0.6) is 5.75 Å². The van der Waals surface area contributed by atoms with Gasteiger partial charge in [0.05, 0.1) is 23.7 Å². The Morgan fingerprint density at radius 1 is 1.26 bits per heavy atom. The number of sulfonamides is 1. The number of benzene rings is 1. The van der Waals surface area contributed by atoms with Gasteiger partial charge in [-0.05, 0) is 55.7 Å². The molecule has 1 atom stereocenters. The maximum Gasteiger partial charge on any atom is 0.243 e. The minimum absolute atomic E-state index is 0.192. The van der Waals surface area contributed by atoms with Gasteiger partial charge < -0.3 is 4.74 Å².